The van der Waals surface area contributed by atoms with Gasteiger partial charge in [0, 0.05) is 19.9 Å². The molecule has 3 N–H and O–H groups in total. The third-order valence-corrected chi connectivity index (χ3v) is 2.53. The van der Waals surface area contributed by atoms with Crippen LogP contribution in [0.5, 0.6) is 17.2 Å². The Morgan fingerprint density at radius 1 is 1.28 bits per heavy atom. The molecule has 1 aromatic heterocycles. The number of nitrogens with zero attached hydrogens (tertiary/aromatic N) is 1. The quantitative estimate of drug-likeness (QED) is 0.699. The lowest BCUT2D eigenvalue weighted by Gasteiger charge is -2.16. The number of aromatic nitrogens is 3. The van der Waals surface area contributed by atoms with Gasteiger partial charge in [-0.2, -0.15) is 5.10 Å². The molecule has 18 heavy (non-hydrogen) atoms. The number of ether oxygens (including phenoxy) is 2. The Morgan fingerprint density at radius 3 is 2.56 bits per heavy atom. The molecule has 94 valence electrons. The first kappa shape index (κ1) is 10.7. The van der Waals surface area contributed by atoms with E-state index >= 15 is 0 Å². The van der Waals surface area contributed by atoms with Crippen LogP contribution in [0.1, 0.15) is 13.8 Å². The first-order valence-corrected chi connectivity index (χ1v) is 5.35. The van der Waals surface area contributed by atoms with Gasteiger partial charge in [0.25, 0.3) is 0 Å². The Kier molecular flexibility index (Phi) is 1.95. The fourth-order valence-corrected chi connectivity index (χ4v) is 1.85. The van der Waals surface area contributed by atoms with E-state index in [-0.39, 0.29) is 11.6 Å². The van der Waals surface area contributed by atoms with E-state index in [0.717, 1.165) is 0 Å². The molecule has 3 rings (SSSR count). The molecule has 0 bridgehead atoms. The van der Waals surface area contributed by atoms with Gasteiger partial charge in [-0.05, 0) is 6.07 Å². The van der Waals surface area contributed by atoms with Gasteiger partial charge in [0.2, 0.25) is 5.79 Å². The first-order chi connectivity index (χ1) is 8.44. The van der Waals surface area contributed by atoms with Gasteiger partial charge in [-0.25, -0.2) is 9.89 Å². The highest BCUT2D eigenvalue weighted by Crippen LogP contribution is 2.44. The molecule has 1 aliphatic heterocycles. The third kappa shape index (κ3) is 1.60. The number of fused-ring (bicyclic) bond motifs is 1. The SMILES string of the molecule is CC1(C)Oc2cc(O)c(-c3n[nH]c(=O)[nH]3)cc2O1. The molecule has 7 nitrogen and oxygen atoms in total. The Bertz CT molecular complexity index is 671. The topological polar surface area (TPSA) is 100 Å². The Balaban J connectivity index is 2.12. The van der Waals surface area contributed by atoms with Crippen LogP contribution in [-0.4, -0.2) is 26.1 Å². The second kappa shape index (κ2) is 3.28. The van der Waals surface area contributed by atoms with E-state index in [1.165, 1.54) is 6.07 Å². The van der Waals surface area contributed by atoms with Crippen molar-refractivity contribution in [3.05, 3.63) is 22.6 Å². The minimum Gasteiger partial charge on any atom is -0.507 e. The van der Waals surface area contributed by atoms with Crippen LogP contribution in [-0.2, 0) is 0 Å². The maximum atomic E-state index is 11.0. The zero-order valence-corrected chi connectivity index (χ0v) is 9.77. The highest BCUT2D eigenvalue weighted by atomic mass is 16.7. The number of aromatic amines is 2. The van der Waals surface area contributed by atoms with Crippen molar-refractivity contribution in [3.63, 3.8) is 0 Å². The Morgan fingerprint density at radius 2 is 1.94 bits per heavy atom. The summed E-state index contributed by atoms with van der Waals surface area (Å²) in [7, 11) is 0. The van der Waals surface area contributed by atoms with Crippen LogP contribution in [0, 0.1) is 0 Å². The fourth-order valence-electron chi connectivity index (χ4n) is 1.85. The lowest BCUT2D eigenvalue weighted by molar-refractivity contribution is -0.0431. The van der Waals surface area contributed by atoms with Crippen LogP contribution in [0.2, 0.25) is 0 Å². The number of hydrogen-bond acceptors (Lipinski definition) is 5. The average Bonchev–Trinajstić information content (AvgIpc) is 2.79. The number of benzene rings is 1. The minimum absolute atomic E-state index is 0.0437. The molecule has 0 spiro atoms. The lowest BCUT2D eigenvalue weighted by atomic mass is 10.1. The number of phenolic OH excluding ortho intramolecular Hbond substituents is 1. The van der Waals surface area contributed by atoms with E-state index in [9.17, 15) is 9.90 Å². The molecule has 0 fully saturated rings. The molecule has 1 aliphatic rings. The average molecular weight is 249 g/mol. The number of rotatable bonds is 1. The predicted octanol–water partition coefficient (Wildman–Crippen LogP) is 0.978. The monoisotopic (exact) mass is 249 g/mol. The van der Waals surface area contributed by atoms with Gasteiger partial charge in [0.15, 0.2) is 17.3 Å². The van der Waals surface area contributed by atoms with Gasteiger partial charge >= 0.3 is 5.69 Å². The van der Waals surface area contributed by atoms with Crippen LogP contribution in [0.25, 0.3) is 11.4 Å². The van der Waals surface area contributed by atoms with Gasteiger partial charge < -0.3 is 14.6 Å². The van der Waals surface area contributed by atoms with E-state index < -0.39 is 11.5 Å². The number of nitrogens with one attached hydrogen (secondary N) is 2. The molecular formula is C11H11N3O4. The molecule has 0 amide bonds. The standard InChI is InChI=1S/C11H11N3O4/c1-11(2)17-7-3-5(6(15)4-8(7)18-11)9-12-10(16)14-13-9/h3-4,15H,1-2H3,(H2,12,13,14,16). The lowest BCUT2D eigenvalue weighted by Crippen LogP contribution is -2.29. The Hall–Kier alpha value is -2.44. The summed E-state index contributed by atoms with van der Waals surface area (Å²) >= 11 is 0. The maximum absolute atomic E-state index is 11.0. The molecule has 2 aromatic rings. The highest BCUT2D eigenvalue weighted by molar-refractivity contribution is 5.69. The second-order valence-corrected chi connectivity index (χ2v) is 4.45. The van der Waals surface area contributed by atoms with Crippen molar-refractivity contribution in [2.45, 2.75) is 19.6 Å². The van der Waals surface area contributed by atoms with E-state index in [0.29, 0.717) is 17.1 Å². The molecule has 0 saturated carbocycles. The molecule has 2 heterocycles. The van der Waals surface area contributed by atoms with Crippen molar-refractivity contribution < 1.29 is 14.6 Å². The van der Waals surface area contributed by atoms with Gasteiger partial charge in [-0.1, -0.05) is 0 Å². The first-order valence-electron chi connectivity index (χ1n) is 5.35. The summed E-state index contributed by atoms with van der Waals surface area (Å²) in [5.74, 6) is 0.383. The molecule has 0 atom stereocenters. The van der Waals surface area contributed by atoms with E-state index in [4.69, 9.17) is 9.47 Å². The molecule has 0 radical (unpaired) electrons. The maximum Gasteiger partial charge on any atom is 0.340 e. The highest BCUT2D eigenvalue weighted by Gasteiger charge is 2.33. The van der Waals surface area contributed by atoms with Crippen molar-refractivity contribution in [1.29, 1.82) is 0 Å². The minimum atomic E-state index is -0.771. The van der Waals surface area contributed by atoms with Gasteiger partial charge in [-0.3, -0.25) is 4.98 Å². The summed E-state index contributed by atoms with van der Waals surface area (Å²) < 4.78 is 11.0. The number of aromatic hydroxyl groups is 1. The number of phenols is 1. The fraction of sp³-hybridized carbons (Fsp3) is 0.273. The molecule has 1 aromatic carbocycles. The summed E-state index contributed by atoms with van der Waals surface area (Å²) in [6.07, 6.45) is 0. The summed E-state index contributed by atoms with van der Waals surface area (Å²) in [4.78, 5) is 13.5. The largest absolute Gasteiger partial charge is 0.507 e. The summed E-state index contributed by atoms with van der Waals surface area (Å²) in [5.41, 5.74) is -0.0733. The predicted molar refractivity (Wildman–Crippen MR) is 61.6 cm³/mol. The smallest absolute Gasteiger partial charge is 0.340 e. The van der Waals surface area contributed by atoms with Crippen LogP contribution < -0.4 is 15.2 Å². The van der Waals surface area contributed by atoms with Crippen molar-refractivity contribution in [2.75, 3.05) is 0 Å². The summed E-state index contributed by atoms with van der Waals surface area (Å²) in [5, 5.41) is 15.9. The van der Waals surface area contributed by atoms with E-state index in [1.54, 1.807) is 19.9 Å². The third-order valence-electron chi connectivity index (χ3n) is 2.53. The molecule has 0 unspecified atom stereocenters. The van der Waals surface area contributed by atoms with E-state index in [1.807, 2.05) is 0 Å². The molecule has 0 saturated heterocycles. The Labute approximate surface area is 101 Å². The second-order valence-electron chi connectivity index (χ2n) is 4.45. The molecule has 0 aliphatic carbocycles. The number of hydrogen-bond donors (Lipinski definition) is 3. The van der Waals surface area contributed by atoms with Crippen LogP contribution >= 0.6 is 0 Å². The number of H-pyrrole nitrogens is 2. The van der Waals surface area contributed by atoms with Gasteiger partial charge in [0.05, 0.1) is 5.56 Å². The zero-order chi connectivity index (χ0) is 12.9. The molecule has 7 heteroatoms. The summed E-state index contributed by atoms with van der Waals surface area (Å²) in [6.45, 7) is 3.53. The van der Waals surface area contributed by atoms with Crippen molar-refractivity contribution in [2.24, 2.45) is 0 Å². The molecular weight excluding hydrogens is 238 g/mol. The van der Waals surface area contributed by atoms with Crippen LogP contribution in [0.4, 0.5) is 0 Å². The normalized spacial score (nSPS) is 15.9. The van der Waals surface area contributed by atoms with Crippen molar-refractivity contribution in [1.82, 2.24) is 15.2 Å². The van der Waals surface area contributed by atoms with Gasteiger partial charge in [-0.15, -0.1) is 0 Å². The van der Waals surface area contributed by atoms with Crippen LogP contribution in [0.3, 0.4) is 0 Å². The van der Waals surface area contributed by atoms with Crippen molar-refractivity contribution >= 4 is 0 Å². The zero-order valence-electron chi connectivity index (χ0n) is 9.77. The van der Waals surface area contributed by atoms with Crippen molar-refractivity contribution in [3.8, 4) is 28.6 Å². The van der Waals surface area contributed by atoms with Gasteiger partial charge in [0.1, 0.15) is 5.75 Å². The van der Waals surface area contributed by atoms with E-state index in [2.05, 4.69) is 15.2 Å². The summed E-state index contributed by atoms with van der Waals surface area (Å²) in [6, 6.07) is 3.01. The van der Waals surface area contributed by atoms with Crippen LogP contribution in [0.15, 0.2) is 16.9 Å².